The van der Waals surface area contributed by atoms with Crippen LogP contribution in [0.3, 0.4) is 0 Å². The van der Waals surface area contributed by atoms with Gasteiger partial charge in [0.15, 0.2) is 0 Å². The molecule has 0 fully saturated rings. The second kappa shape index (κ2) is 6.97. The Kier molecular flexibility index (Phi) is 5.24. The fourth-order valence-corrected chi connectivity index (χ4v) is 2.26. The molecule has 4 nitrogen and oxygen atoms in total. The molecule has 1 atom stereocenters. The van der Waals surface area contributed by atoms with Crippen LogP contribution in [0.15, 0.2) is 36.4 Å². The Labute approximate surface area is 132 Å². The van der Waals surface area contributed by atoms with Gasteiger partial charge in [0.2, 0.25) is 0 Å². The predicted molar refractivity (Wildman–Crippen MR) is 86.7 cm³/mol. The molecule has 0 aliphatic carbocycles. The summed E-state index contributed by atoms with van der Waals surface area (Å²) in [6.07, 6.45) is 3.88. The zero-order valence-electron chi connectivity index (χ0n) is 13.8. The zero-order valence-corrected chi connectivity index (χ0v) is 13.8. The van der Waals surface area contributed by atoms with Crippen molar-refractivity contribution in [1.29, 1.82) is 0 Å². The van der Waals surface area contributed by atoms with E-state index >= 15 is 0 Å². The third kappa shape index (κ3) is 4.60. The van der Waals surface area contributed by atoms with Crippen molar-refractivity contribution in [2.75, 3.05) is 20.2 Å². The van der Waals surface area contributed by atoms with E-state index in [9.17, 15) is 4.79 Å². The summed E-state index contributed by atoms with van der Waals surface area (Å²) < 4.78 is 10.7. The molecule has 0 amide bonds. The number of hydrogen-bond acceptors (Lipinski definition) is 4. The summed E-state index contributed by atoms with van der Waals surface area (Å²) in [6.45, 7) is 8.04. The Hall–Kier alpha value is -1.81. The van der Waals surface area contributed by atoms with E-state index in [0.29, 0.717) is 0 Å². The summed E-state index contributed by atoms with van der Waals surface area (Å²) >= 11 is 0. The van der Waals surface area contributed by atoms with Gasteiger partial charge in [0.05, 0.1) is 12.5 Å². The number of hydrogen-bond donors (Lipinski definition) is 0. The molecule has 0 N–H and O–H groups in total. The van der Waals surface area contributed by atoms with Crippen LogP contribution in [-0.2, 0) is 16.1 Å². The molecule has 0 saturated carbocycles. The Morgan fingerprint density at radius 2 is 1.95 bits per heavy atom. The number of carbonyl (C=O) groups is 1. The average Bonchev–Trinajstić information content (AvgIpc) is 2.47. The second-order valence-electron chi connectivity index (χ2n) is 6.66. The lowest BCUT2D eigenvalue weighted by Gasteiger charge is -2.30. The molecule has 1 aromatic rings. The van der Waals surface area contributed by atoms with Gasteiger partial charge >= 0.3 is 5.97 Å². The van der Waals surface area contributed by atoms with E-state index in [-0.39, 0.29) is 12.1 Å². The van der Waals surface area contributed by atoms with Gasteiger partial charge in [0, 0.05) is 19.6 Å². The first-order chi connectivity index (χ1) is 10.4. The number of carbonyl (C=O) groups excluding carboxylic acids is 1. The Bertz CT molecular complexity index is 528. The lowest BCUT2D eigenvalue weighted by Crippen LogP contribution is -2.39. The van der Waals surface area contributed by atoms with Crippen molar-refractivity contribution in [2.24, 2.45) is 5.41 Å². The molecule has 0 saturated heterocycles. The van der Waals surface area contributed by atoms with Crippen LogP contribution in [0.1, 0.15) is 26.3 Å². The summed E-state index contributed by atoms with van der Waals surface area (Å²) in [5.74, 6) is 0.702. The number of esters is 1. The van der Waals surface area contributed by atoms with Crippen LogP contribution in [0.25, 0.3) is 0 Å². The summed E-state index contributed by atoms with van der Waals surface area (Å²) in [5.41, 5.74) is 0.753. The fourth-order valence-electron chi connectivity index (χ4n) is 2.26. The maximum Gasteiger partial charge on any atom is 0.311 e. The van der Waals surface area contributed by atoms with Gasteiger partial charge in [-0.15, -0.1) is 0 Å². The van der Waals surface area contributed by atoms with Crippen molar-refractivity contribution in [3.63, 3.8) is 0 Å². The van der Waals surface area contributed by atoms with Gasteiger partial charge in [-0.05, 0) is 44.5 Å². The van der Waals surface area contributed by atoms with Crippen LogP contribution < -0.4 is 4.74 Å². The van der Waals surface area contributed by atoms with E-state index in [1.165, 1.54) is 5.56 Å². The van der Waals surface area contributed by atoms with Crippen LogP contribution >= 0.6 is 0 Å². The molecule has 0 bridgehead atoms. The van der Waals surface area contributed by atoms with Gasteiger partial charge in [-0.3, -0.25) is 9.69 Å². The molecule has 1 aliphatic rings. The van der Waals surface area contributed by atoms with Crippen LogP contribution in [0.4, 0.5) is 0 Å². The molecular weight excluding hydrogens is 278 g/mol. The van der Waals surface area contributed by atoms with Crippen LogP contribution in [0.5, 0.6) is 5.75 Å². The summed E-state index contributed by atoms with van der Waals surface area (Å²) in [5, 5.41) is 0. The van der Waals surface area contributed by atoms with Crippen molar-refractivity contribution in [2.45, 2.75) is 33.4 Å². The lowest BCUT2D eigenvalue weighted by molar-refractivity contribution is -0.157. The molecule has 22 heavy (non-hydrogen) atoms. The molecule has 2 rings (SSSR count). The van der Waals surface area contributed by atoms with Crippen molar-refractivity contribution < 1.29 is 14.3 Å². The number of rotatable bonds is 4. The number of methoxy groups -OCH3 is 1. The minimum Gasteiger partial charge on any atom is -0.497 e. The Morgan fingerprint density at radius 1 is 1.27 bits per heavy atom. The Balaban J connectivity index is 1.91. The minimum atomic E-state index is -0.466. The first kappa shape index (κ1) is 16.6. The number of ether oxygens (including phenoxy) is 2. The van der Waals surface area contributed by atoms with E-state index in [4.69, 9.17) is 9.47 Å². The van der Waals surface area contributed by atoms with Crippen LogP contribution in [0.2, 0.25) is 0 Å². The maximum atomic E-state index is 12.0. The molecule has 0 radical (unpaired) electrons. The van der Waals surface area contributed by atoms with Crippen LogP contribution in [-0.4, -0.2) is 37.2 Å². The predicted octanol–water partition coefficient (Wildman–Crippen LogP) is 3.02. The van der Waals surface area contributed by atoms with Gasteiger partial charge in [0.25, 0.3) is 0 Å². The van der Waals surface area contributed by atoms with Gasteiger partial charge in [-0.25, -0.2) is 0 Å². The fraction of sp³-hybridized carbons (Fsp3) is 0.500. The van der Waals surface area contributed by atoms with Gasteiger partial charge in [0.1, 0.15) is 11.9 Å². The van der Waals surface area contributed by atoms with Crippen LogP contribution in [0, 0.1) is 5.41 Å². The quantitative estimate of drug-likeness (QED) is 0.633. The zero-order chi connectivity index (χ0) is 16.2. The molecule has 1 heterocycles. The molecule has 0 spiro atoms. The summed E-state index contributed by atoms with van der Waals surface area (Å²) in [4.78, 5) is 14.2. The van der Waals surface area contributed by atoms with E-state index in [1.807, 2.05) is 39.0 Å². The summed E-state index contributed by atoms with van der Waals surface area (Å²) in [7, 11) is 1.67. The van der Waals surface area contributed by atoms with E-state index in [0.717, 1.165) is 25.4 Å². The third-order valence-corrected chi connectivity index (χ3v) is 3.59. The topological polar surface area (TPSA) is 38.8 Å². The third-order valence-electron chi connectivity index (χ3n) is 3.59. The average molecular weight is 303 g/mol. The lowest BCUT2D eigenvalue weighted by atomic mass is 9.97. The normalized spacial score (nSPS) is 19.0. The molecule has 1 aliphatic heterocycles. The highest BCUT2D eigenvalue weighted by molar-refractivity contribution is 5.75. The number of nitrogens with zero attached hydrogens (tertiary/aromatic N) is 1. The van der Waals surface area contributed by atoms with E-state index < -0.39 is 5.41 Å². The standard InChI is InChI=1S/C18H25NO3/c1-18(2,3)17(20)22-16-6-5-11-19(13-16)12-14-7-9-15(21-4)10-8-14/h5-10,16H,11-13H2,1-4H3/t16-/m0/s1. The van der Waals surface area contributed by atoms with Gasteiger partial charge in [-0.2, -0.15) is 0 Å². The molecule has 0 unspecified atom stereocenters. The van der Waals surface area contributed by atoms with Crippen molar-refractivity contribution in [3.05, 3.63) is 42.0 Å². The van der Waals surface area contributed by atoms with Gasteiger partial charge in [-0.1, -0.05) is 18.2 Å². The largest absolute Gasteiger partial charge is 0.497 e. The highest BCUT2D eigenvalue weighted by Crippen LogP contribution is 2.19. The molecule has 4 heteroatoms. The maximum absolute atomic E-state index is 12.0. The van der Waals surface area contributed by atoms with Crippen molar-refractivity contribution in [1.82, 2.24) is 4.90 Å². The first-order valence-electron chi connectivity index (χ1n) is 7.61. The van der Waals surface area contributed by atoms with E-state index in [1.54, 1.807) is 7.11 Å². The second-order valence-corrected chi connectivity index (χ2v) is 6.66. The first-order valence-corrected chi connectivity index (χ1v) is 7.61. The SMILES string of the molecule is COc1ccc(CN2CC=C[C@H](OC(=O)C(C)(C)C)C2)cc1. The summed E-state index contributed by atoms with van der Waals surface area (Å²) in [6, 6.07) is 8.05. The van der Waals surface area contributed by atoms with Crippen molar-refractivity contribution in [3.8, 4) is 5.75 Å². The Morgan fingerprint density at radius 3 is 2.55 bits per heavy atom. The highest BCUT2D eigenvalue weighted by atomic mass is 16.5. The highest BCUT2D eigenvalue weighted by Gasteiger charge is 2.27. The van der Waals surface area contributed by atoms with Crippen molar-refractivity contribution >= 4 is 5.97 Å². The molecule has 1 aromatic carbocycles. The minimum absolute atomic E-state index is 0.159. The molecule has 0 aromatic heterocycles. The van der Waals surface area contributed by atoms with Gasteiger partial charge < -0.3 is 9.47 Å². The smallest absolute Gasteiger partial charge is 0.311 e. The monoisotopic (exact) mass is 303 g/mol. The molecule has 120 valence electrons. The number of benzene rings is 1. The molecular formula is C18H25NO3. The van der Waals surface area contributed by atoms with E-state index in [2.05, 4.69) is 23.1 Å².